The topological polar surface area (TPSA) is 87.7 Å². The Kier molecular flexibility index (Phi) is 7.96. The third-order valence-electron chi connectivity index (χ3n) is 4.07. The molecule has 2 rings (SSSR count). The summed E-state index contributed by atoms with van der Waals surface area (Å²) in [4.78, 5) is 38.2. The van der Waals surface area contributed by atoms with Gasteiger partial charge >= 0.3 is 5.97 Å². The van der Waals surface area contributed by atoms with E-state index in [2.05, 4.69) is 33.2 Å². The summed E-state index contributed by atoms with van der Waals surface area (Å²) >= 11 is 7.50. The Hall–Kier alpha value is -1.75. The summed E-state index contributed by atoms with van der Waals surface area (Å²) in [6.07, 6.45) is 0.584. The van der Waals surface area contributed by atoms with Crippen molar-refractivity contribution in [3.05, 3.63) is 32.9 Å². The Morgan fingerprint density at radius 2 is 2.19 bits per heavy atom. The molecule has 1 saturated heterocycles. The highest BCUT2D eigenvalue weighted by Gasteiger charge is 2.34. The molecule has 1 heterocycles. The number of aryl methyl sites for hydroxylation is 1. The first-order chi connectivity index (χ1) is 12.8. The highest BCUT2D eigenvalue weighted by Crippen LogP contribution is 2.14. The fourth-order valence-corrected chi connectivity index (χ4v) is 3.40. The zero-order valence-electron chi connectivity index (χ0n) is 15.2. The van der Waals surface area contributed by atoms with E-state index in [1.807, 2.05) is 19.9 Å². The molecule has 7 nitrogen and oxygen atoms in total. The molecule has 0 aliphatic carbocycles. The molecule has 1 aliphatic heterocycles. The number of benzene rings is 1. The number of carbonyl (C=O) groups is 3. The van der Waals surface area contributed by atoms with Crippen LogP contribution in [0.4, 0.5) is 0 Å². The summed E-state index contributed by atoms with van der Waals surface area (Å²) in [6, 6.07) is 4.56. The summed E-state index contributed by atoms with van der Waals surface area (Å²) in [5.74, 6) is -1.13. The molecule has 9 heteroatoms. The van der Waals surface area contributed by atoms with Crippen LogP contribution in [0.1, 0.15) is 35.7 Å². The summed E-state index contributed by atoms with van der Waals surface area (Å²) < 4.78 is 6.04. The Morgan fingerprint density at radius 3 is 2.85 bits per heavy atom. The van der Waals surface area contributed by atoms with Crippen LogP contribution >= 0.6 is 34.8 Å². The molecule has 0 saturated carbocycles. The maximum Gasteiger partial charge on any atom is 0.308 e. The molecule has 1 aromatic rings. The third-order valence-corrected chi connectivity index (χ3v) is 5.57. The average Bonchev–Trinajstić information content (AvgIpc) is 2.63. The van der Waals surface area contributed by atoms with Gasteiger partial charge in [-0.05, 0) is 65.8 Å². The number of ether oxygens (including phenoxy) is 1. The molecule has 146 valence electrons. The number of amides is 2. The van der Waals surface area contributed by atoms with Crippen molar-refractivity contribution < 1.29 is 19.1 Å². The number of halogens is 1. The highest BCUT2D eigenvalue weighted by molar-refractivity contribution is 14.1. The average molecular weight is 503 g/mol. The minimum atomic E-state index is -0.797. The van der Waals surface area contributed by atoms with Crippen molar-refractivity contribution >= 4 is 57.7 Å². The number of esters is 1. The number of carbonyl (C=O) groups excluding carboxylic acids is 3. The van der Waals surface area contributed by atoms with E-state index in [1.165, 1.54) is 0 Å². The zero-order chi connectivity index (χ0) is 20.0. The Morgan fingerprint density at radius 1 is 1.44 bits per heavy atom. The van der Waals surface area contributed by atoms with Crippen LogP contribution in [0, 0.1) is 10.5 Å². The first kappa shape index (κ1) is 21.5. The molecule has 0 aromatic heterocycles. The largest absolute Gasteiger partial charge is 0.466 e. The fourth-order valence-electron chi connectivity index (χ4n) is 2.57. The molecule has 27 heavy (non-hydrogen) atoms. The molecule has 0 bridgehead atoms. The van der Waals surface area contributed by atoms with Crippen LogP contribution in [0.25, 0.3) is 0 Å². The van der Waals surface area contributed by atoms with Gasteiger partial charge in [0.2, 0.25) is 5.91 Å². The quantitative estimate of drug-likeness (QED) is 0.362. The number of piperazine rings is 1. The maximum absolute atomic E-state index is 12.5. The van der Waals surface area contributed by atoms with Gasteiger partial charge in [0.05, 0.1) is 13.0 Å². The van der Waals surface area contributed by atoms with Gasteiger partial charge in [0.1, 0.15) is 6.04 Å². The van der Waals surface area contributed by atoms with E-state index in [1.54, 1.807) is 17.0 Å². The maximum atomic E-state index is 12.5. The number of thiocarbonyl (C=S) groups is 1. The van der Waals surface area contributed by atoms with Gasteiger partial charge in [-0.1, -0.05) is 13.0 Å². The van der Waals surface area contributed by atoms with E-state index in [0.29, 0.717) is 31.7 Å². The number of rotatable bonds is 5. The van der Waals surface area contributed by atoms with Crippen LogP contribution < -0.4 is 10.6 Å². The predicted octanol–water partition coefficient (Wildman–Crippen LogP) is 1.76. The van der Waals surface area contributed by atoms with E-state index >= 15 is 0 Å². The third kappa shape index (κ3) is 5.86. The first-order valence-electron chi connectivity index (χ1n) is 8.65. The van der Waals surface area contributed by atoms with Crippen molar-refractivity contribution in [3.63, 3.8) is 0 Å². The van der Waals surface area contributed by atoms with Crippen molar-refractivity contribution in [1.82, 2.24) is 15.5 Å². The van der Waals surface area contributed by atoms with E-state index in [9.17, 15) is 14.4 Å². The Balaban J connectivity index is 2.06. The van der Waals surface area contributed by atoms with Gasteiger partial charge in [-0.2, -0.15) is 0 Å². The highest BCUT2D eigenvalue weighted by atomic mass is 127. The van der Waals surface area contributed by atoms with Crippen LogP contribution in [-0.4, -0.2) is 53.5 Å². The molecule has 1 aromatic carbocycles. The SMILES string of the molecule is CCCOC(=O)CC1C(=O)NCCN1C(=S)NC(=O)c1ccc(C)c(I)c1. The van der Waals surface area contributed by atoms with E-state index in [-0.39, 0.29) is 23.3 Å². The van der Waals surface area contributed by atoms with Gasteiger partial charge < -0.3 is 15.0 Å². The lowest BCUT2D eigenvalue weighted by molar-refractivity contribution is -0.147. The molecule has 1 unspecified atom stereocenters. The molecular formula is C18H22IN3O4S. The lowest BCUT2D eigenvalue weighted by Crippen LogP contribution is -2.60. The fraction of sp³-hybridized carbons (Fsp3) is 0.444. The number of hydrogen-bond donors (Lipinski definition) is 2. The van der Waals surface area contributed by atoms with Crippen molar-refractivity contribution in [3.8, 4) is 0 Å². The predicted molar refractivity (Wildman–Crippen MR) is 113 cm³/mol. The summed E-state index contributed by atoms with van der Waals surface area (Å²) in [5, 5.41) is 5.50. The van der Waals surface area contributed by atoms with Gasteiger partial charge in [0.25, 0.3) is 5.91 Å². The summed E-state index contributed by atoms with van der Waals surface area (Å²) in [5.41, 5.74) is 1.56. The van der Waals surface area contributed by atoms with Gasteiger partial charge in [0, 0.05) is 22.2 Å². The Bertz CT molecular complexity index is 756. The van der Waals surface area contributed by atoms with Crippen LogP contribution in [-0.2, 0) is 14.3 Å². The number of nitrogens with zero attached hydrogens (tertiary/aromatic N) is 1. The second kappa shape index (κ2) is 9.98. The summed E-state index contributed by atoms with van der Waals surface area (Å²) in [6.45, 7) is 4.95. The molecule has 1 aliphatic rings. The molecule has 1 atom stereocenters. The van der Waals surface area contributed by atoms with Crippen LogP contribution in [0.3, 0.4) is 0 Å². The van der Waals surface area contributed by atoms with Crippen molar-refractivity contribution in [2.24, 2.45) is 0 Å². The lowest BCUT2D eigenvalue weighted by Gasteiger charge is -2.36. The molecule has 0 radical (unpaired) electrons. The minimum Gasteiger partial charge on any atom is -0.466 e. The van der Waals surface area contributed by atoms with E-state index < -0.39 is 12.0 Å². The zero-order valence-corrected chi connectivity index (χ0v) is 18.2. The second-order valence-corrected chi connectivity index (χ2v) is 7.70. The lowest BCUT2D eigenvalue weighted by atomic mass is 10.1. The smallest absolute Gasteiger partial charge is 0.308 e. The van der Waals surface area contributed by atoms with Crippen LogP contribution in [0.5, 0.6) is 0 Å². The monoisotopic (exact) mass is 503 g/mol. The molecule has 1 fully saturated rings. The standard InChI is InChI=1S/C18H22IN3O4S/c1-3-8-26-15(23)10-14-17(25)20-6-7-22(14)18(27)21-16(24)12-5-4-11(2)13(19)9-12/h4-5,9,14H,3,6-8,10H2,1-2H3,(H,20,25)(H,21,24,27). The minimum absolute atomic E-state index is 0.121. The van der Waals surface area contributed by atoms with Gasteiger partial charge in [-0.15, -0.1) is 0 Å². The van der Waals surface area contributed by atoms with Crippen LogP contribution in [0.2, 0.25) is 0 Å². The van der Waals surface area contributed by atoms with Crippen molar-refractivity contribution in [1.29, 1.82) is 0 Å². The van der Waals surface area contributed by atoms with E-state index in [0.717, 1.165) is 9.13 Å². The van der Waals surface area contributed by atoms with Gasteiger partial charge in [0.15, 0.2) is 5.11 Å². The van der Waals surface area contributed by atoms with Crippen molar-refractivity contribution in [2.45, 2.75) is 32.7 Å². The number of hydrogen-bond acceptors (Lipinski definition) is 5. The van der Waals surface area contributed by atoms with Crippen LogP contribution in [0.15, 0.2) is 18.2 Å². The Labute approximate surface area is 177 Å². The summed E-state index contributed by atoms with van der Waals surface area (Å²) in [7, 11) is 0. The molecule has 2 amide bonds. The van der Waals surface area contributed by atoms with Gasteiger partial charge in [-0.3, -0.25) is 19.7 Å². The number of nitrogens with one attached hydrogen (secondary N) is 2. The molecular weight excluding hydrogens is 481 g/mol. The van der Waals surface area contributed by atoms with Crippen molar-refractivity contribution in [2.75, 3.05) is 19.7 Å². The molecule has 0 spiro atoms. The second-order valence-electron chi connectivity index (χ2n) is 6.15. The normalized spacial score (nSPS) is 16.5. The van der Waals surface area contributed by atoms with Gasteiger partial charge in [-0.25, -0.2) is 0 Å². The first-order valence-corrected chi connectivity index (χ1v) is 10.1. The van der Waals surface area contributed by atoms with E-state index in [4.69, 9.17) is 17.0 Å². The molecule has 2 N–H and O–H groups in total.